The summed E-state index contributed by atoms with van der Waals surface area (Å²) >= 11 is 12.1. The summed E-state index contributed by atoms with van der Waals surface area (Å²) in [4.78, 5) is 17.2. The molecule has 2 aromatic rings. The molecule has 1 amide bonds. The molecule has 0 unspecified atom stereocenters. The lowest BCUT2D eigenvalue weighted by Crippen LogP contribution is -2.45. The molecule has 0 bridgehead atoms. The van der Waals surface area contributed by atoms with Crippen molar-refractivity contribution in [1.29, 1.82) is 0 Å². The van der Waals surface area contributed by atoms with Gasteiger partial charge in [-0.15, -0.1) is 0 Å². The summed E-state index contributed by atoms with van der Waals surface area (Å²) in [6.45, 7) is 2.76. The van der Waals surface area contributed by atoms with Crippen molar-refractivity contribution >= 4 is 34.8 Å². The van der Waals surface area contributed by atoms with Crippen LogP contribution in [-0.4, -0.2) is 49.0 Å². The molecule has 0 aliphatic carbocycles. The van der Waals surface area contributed by atoms with E-state index in [0.717, 1.165) is 37.5 Å². The lowest BCUT2D eigenvalue weighted by molar-refractivity contribution is 0.0633. The van der Waals surface area contributed by atoms with E-state index in [4.69, 9.17) is 33.7 Å². The van der Waals surface area contributed by atoms with E-state index in [2.05, 4.69) is 17.0 Å². The van der Waals surface area contributed by atoms with E-state index in [-0.39, 0.29) is 11.9 Å². The van der Waals surface area contributed by atoms with Gasteiger partial charge in [0.25, 0.3) is 5.91 Å². The molecular weight excluding hydrogens is 397 g/mol. The van der Waals surface area contributed by atoms with Crippen molar-refractivity contribution < 1.29 is 9.53 Å². The van der Waals surface area contributed by atoms with Crippen LogP contribution >= 0.6 is 23.2 Å². The number of nitrogen functional groups attached to an aromatic ring is 1. The molecule has 1 aliphatic rings. The molecule has 0 radical (unpaired) electrons. The molecule has 0 aromatic heterocycles. The van der Waals surface area contributed by atoms with Gasteiger partial charge in [0, 0.05) is 43.8 Å². The van der Waals surface area contributed by atoms with Crippen LogP contribution in [-0.2, 0) is 6.54 Å². The number of hydrogen-bond donors (Lipinski definition) is 1. The van der Waals surface area contributed by atoms with Gasteiger partial charge >= 0.3 is 0 Å². The molecule has 1 fully saturated rings. The summed E-state index contributed by atoms with van der Waals surface area (Å²) in [5.74, 6) is 0.342. The zero-order chi connectivity index (χ0) is 20.3. The second kappa shape index (κ2) is 9.03. The molecule has 0 saturated carbocycles. The molecule has 1 saturated heterocycles. The first kappa shape index (κ1) is 20.8. The number of methoxy groups -OCH3 is 1. The molecule has 0 spiro atoms. The van der Waals surface area contributed by atoms with Crippen LogP contribution < -0.4 is 10.5 Å². The molecule has 2 aromatic carbocycles. The Balaban J connectivity index is 1.62. The highest BCUT2D eigenvalue weighted by molar-refractivity contribution is 6.33. The van der Waals surface area contributed by atoms with E-state index < -0.39 is 0 Å². The highest BCUT2D eigenvalue weighted by Crippen LogP contribution is 2.30. The normalized spacial score (nSPS) is 15.4. The molecule has 0 atom stereocenters. The monoisotopic (exact) mass is 421 g/mol. The van der Waals surface area contributed by atoms with Gasteiger partial charge in [0.15, 0.2) is 0 Å². The van der Waals surface area contributed by atoms with E-state index in [9.17, 15) is 4.79 Å². The van der Waals surface area contributed by atoms with Gasteiger partial charge in [0.05, 0.1) is 23.4 Å². The Bertz CT molecular complexity index is 834. The molecule has 1 heterocycles. The van der Waals surface area contributed by atoms with Crippen LogP contribution in [0.2, 0.25) is 10.0 Å². The number of carbonyl (C=O) groups is 1. The number of rotatable bonds is 5. The topological polar surface area (TPSA) is 58.8 Å². The Morgan fingerprint density at radius 2 is 1.86 bits per heavy atom. The van der Waals surface area contributed by atoms with Gasteiger partial charge in [-0.2, -0.15) is 0 Å². The van der Waals surface area contributed by atoms with Crippen LogP contribution in [0.5, 0.6) is 5.75 Å². The fraction of sp³-hybridized carbons (Fsp3) is 0.381. The van der Waals surface area contributed by atoms with E-state index in [1.807, 2.05) is 19.2 Å². The van der Waals surface area contributed by atoms with Crippen molar-refractivity contribution in [3.8, 4) is 5.75 Å². The van der Waals surface area contributed by atoms with Crippen molar-refractivity contribution in [2.75, 3.05) is 33.0 Å². The molecule has 5 nitrogen and oxygen atoms in total. The lowest BCUT2D eigenvalue weighted by atomic mass is 10.0. The van der Waals surface area contributed by atoms with Gasteiger partial charge in [-0.1, -0.05) is 35.3 Å². The molecule has 7 heteroatoms. The van der Waals surface area contributed by atoms with Gasteiger partial charge in [0.2, 0.25) is 0 Å². The number of halogens is 2. The molecule has 150 valence electrons. The summed E-state index contributed by atoms with van der Waals surface area (Å²) in [6, 6.07) is 11.3. The number of nitrogens with zero attached hydrogens (tertiary/aromatic N) is 2. The maximum atomic E-state index is 13.0. The summed E-state index contributed by atoms with van der Waals surface area (Å²) < 4.78 is 5.33. The van der Waals surface area contributed by atoms with E-state index >= 15 is 0 Å². The minimum atomic E-state index is -0.102. The van der Waals surface area contributed by atoms with Gasteiger partial charge in [0.1, 0.15) is 5.75 Å². The maximum absolute atomic E-state index is 13.0. The number of piperidine rings is 1. The Kier molecular flexibility index (Phi) is 6.70. The third-order valence-corrected chi connectivity index (χ3v) is 5.87. The van der Waals surface area contributed by atoms with Crippen molar-refractivity contribution in [2.24, 2.45) is 0 Å². The zero-order valence-corrected chi connectivity index (χ0v) is 17.6. The first-order valence-electron chi connectivity index (χ1n) is 9.26. The average molecular weight is 422 g/mol. The average Bonchev–Trinajstić information content (AvgIpc) is 2.71. The van der Waals surface area contributed by atoms with E-state index in [1.165, 1.54) is 12.7 Å². The molecule has 3 rings (SSSR count). The fourth-order valence-electron chi connectivity index (χ4n) is 3.57. The smallest absolute Gasteiger partial charge is 0.257 e. The zero-order valence-electron chi connectivity index (χ0n) is 16.1. The summed E-state index contributed by atoms with van der Waals surface area (Å²) in [5.41, 5.74) is 7.90. The van der Waals surface area contributed by atoms with Crippen LogP contribution in [0.15, 0.2) is 36.4 Å². The fourth-order valence-corrected chi connectivity index (χ4v) is 3.86. The highest BCUT2D eigenvalue weighted by atomic mass is 35.5. The lowest BCUT2D eigenvalue weighted by Gasteiger charge is -2.37. The van der Waals surface area contributed by atoms with Crippen molar-refractivity contribution in [1.82, 2.24) is 9.80 Å². The van der Waals surface area contributed by atoms with Gasteiger partial charge in [-0.25, -0.2) is 0 Å². The second-order valence-electron chi connectivity index (χ2n) is 7.12. The number of anilines is 1. The number of ether oxygens (including phenoxy) is 1. The van der Waals surface area contributed by atoms with Crippen molar-refractivity contribution in [2.45, 2.75) is 25.4 Å². The predicted molar refractivity (Wildman–Crippen MR) is 114 cm³/mol. The summed E-state index contributed by atoms with van der Waals surface area (Å²) in [5, 5.41) is 1.11. The van der Waals surface area contributed by atoms with Crippen molar-refractivity contribution in [3.05, 3.63) is 57.6 Å². The van der Waals surface area contributed by atoms with Crippen LogP contribution in [0.4, 0.5) is 5.69 Å². The largest absolute Gasteiger partial charge is 0.496 e. The summed E-state index contributed by atoms with van der Waals surface area (Å²) in [7, 11) is 3.36. The number of nitrogens with two attached hydrogens (primary N) is 1. The Morgan fingerprint density at radius 3 is 2.46 bits per heavy atom. The third kappa shape index (κ3) is 4.72. The quantitative estimate of drug-likeness (QED) is 0.730. The van der Waals surface area contributed by atoms with Gasteiger partial charge in [-0.05, 0) is 36.6 Å². The first-order valence-corrected chi connectivity index (χ1v) is 10.0. The predicted octanol–water partition coefficient (Wildman–Crippen LogP) is 4.32. The summed E-state index contributed by atoms with van der Waals surface area (Å²) in [6.07, 6.45) is 1.84. The van der Waals surface area contributed by atoms with Gasteiger partial charge in [-0.3, -0.25) is 9.69 Å². The van der Waals surface area contributed by atoms with E-state index in [0.29, 0.717) is 22.0 Å². The standard InChI is InChI=1S/C21H25Cl2N3O2/c1-25(21(27)17-11-18(23)19(24)12-20(17)28-2)16-7-9-26(10-8-16)13-14-3-5-15(22)6-4-14/h3-6,11-12,16H,7-10,13,24H2,1-2H3. The van der Waals surface area contributed by atoms with Crippen LogP contribution in [0, 0.1) is 0 Å². The van der Waals surface area contributed by atoms with Crippen LogP contribution in [0.25, 0.3) is 0 Å². The number of likely N-dealkylation sites (tertiary alicyclic amines) is 1. The number of hydrogen-bond acceptors (Lipinski definition) is 4. The SMILES string of the molecule is COc1cc(N)c(Cl)cc1C(=O)N(C)C1CCN(Cc2ccc(Cl)cc2)CC1. The first-order chi connectivity index (χ1) is 13.4. The van der Waals surface area contributed by atoms with Crippen LogP contribution in [0.1, 0.15) is 28.8 Å². The van der Waals surface area contributed by atoms with Crippen molar-refractivity contribution in [3.63, 3.8) is 0 Å². The Labute approximate surface area is 176 Å². The van der Waals surface area contributed by atoms with Gasteiger partial charge < -0.3 is 15.4 Å². The maximum Gasteiger partial charge on any atom is 0.257 e. The molecular formula is C21H25Cl2N3O2. The number of amides is 1. The second-order valence-corrected chi connectivity index (χ2v) is 7.97. The Hall–Kier alpha value is -1.95. The minimum absolute atomic E-state index is 0.102. The number of benzene rings is 2. The molecule has 2 N–H and O–H groups in total. The minimum Gasteiger partial charge on any atom is -0.496 e. The molecule has 1 aliphatic heterocycles. The van der Waals surface area contributed by atoms with E-state index in [1.54, 1.807) is 17.0 Å². The number of carbonyl (C=O) groups excluding carboxylic acids is 1. The third-order valence-electron chi connectivity index (χ3n) is 5.29. The molecule has 28 heavy (non-hydrogen) atoms. The van der Waals surface area contributed by atoms with Crippen LogP contribution in [0.3, 0.4) is 0 Å². The Morgan fingerprint density at radius 1 is 1.21 bits per heavy atom. The highest BCUT2D eigenvalue weighted by Gasteiger charge is 2.28.